The zero-order valence-corrected chi connectivity index (χ0v) is 17.1. The van der Waals surface area contributed by atoms with E-state index in [1.807, 2.05) is 0 Å². The van der Waals surface area contributed by atoms with Crippen LogP contribution < -0.4 is 4.74 Å². The van der Waals surface area contributed by atoms with Crippen LogP contribution in [0, 0.1) is 0 Å². The maximum absolute atomic E-state index is 13.1. The van der Waals surface area contributed by atoms with E-state index in [0.717, 1.165) is 11.8 Å². The van der Waals surface area contributed by atoms with Crippen LogP contribution in [0.25, 0.3) is 0 Å². The van der Waals surface area contributed by atoms with E-state index in [0.29, 0.717) is 36.6 Å². The molecule has 11 heteroatoms. The molecule has 1 aromatic carbocycles. The molecule has 0 fully saturated rings. The monoisotopic (exact) mass is 451 g/mol. The summed E-state index contributed by atoms with van der Waals surface area (Å²) >= 11 is 5.91. The number of methoxy groups -OCH3 is 1. The van der Waals surface area contributed by atoms with E-state index in [1.165, 1.54) is 17.0 Å². The fourth-order valence-electron chi connectivity index (χ4n) is 3.52. The van der Waals surface area contributed by atoms with Crippen LogP contribution in [0.1, 0.15) is 33.0 Å². The quantitative estimate of drug-likeness (QED) is 0.606. The second-order valence-electron chi connectivity index (χ2n) is 6.93. The first kappa shape index (κ1) is 21.1. The van der Waals surface area contributed by atoms with Crippen molar-refractivity contribution in [3.05, 3.63) is 69.8 Å². The SMILES string of the molecule is COc1cccnc1Cn1nnc2c1CCN(C(=O)c1cccc(C(F)(F)F)c1Cl)C2. The largest absolute Gasteiger partial charge is 0.495 e. The van der Waals surface area contributed by atoms with E-state index in [1.54, 1.807) is 30.1 Å². The highest BCUT2D eigenvalue weighted by Crippen LogP contribution is 2.36. The van der Waals surface area contributed by atoms with Crippen molar-refractivity contribution in [1.29, 1.82) is 0 Å². The standard InChI is InChI=1S/C20H17ClF3N5O2/c1-31-17-6-3-8-25-15(17)11-29-16-7-9-28(10-14(16)26-27-29)19(30)12-4-2-5-13(18(12)21)20(22,23)24/h2-6,8H,7,9-11H2,1H3. The summed E-state index contributed by atoms with van der Waals surface area (Å²) in [6.45, 7) is 0.769. The van der Waals surface area contributed by atoms with E-state index in [9.17, 15) is 18.0 Å². The lowest BCUT2D eigenvalue weighted by Gasteiger charge is -2.27. The number of hydrogen-bond donors (Lipinski definition) is 0. The Hall–Kier alpha value is -3.14. The second-order valence-corrected chi connectivity index (χ2v) is 7.31. The Bertz CT molecular complexity index is 1130. The Balaban J connectivity index is 1.55. The second kappa shape index (κ2) is 8.18. The highest BCUT2D eigenvalue weighted by atomic mass is 35.5. The Morgan fingerprint density at radius 1 is 1.26 bits per heavy atom. The van der Waals surface area contributed by atoms with Gasteiger partial charge in [0.05, 0.1) is 42.0 Å². The minimum Gasteiger partial charge on any atom is -0.495 e. The maximum Gasteiger partial charge on any atom is 0.417 e. The Labute approximate surface area is 180 Å². The molecule has 3 heterocycles. The van der Waals surface area contributed by atoms with Gasteiger partial charge in [0.25, 0.3) is 5.91 Å². The third-order valence-electron chi connectivity index (χ3n) is 5.07. The van der Waals surface area contributed by atoms with Gasteiger partial charge in [-0.25, -0.2) is 4.68 Å². The first-order valence-corrected chi connectivity index (χ1v) is 9.71. The fraction of sp³-hybridized carbons (Fsp3) is 0.300. The zero-order chi connectivity index (χ0) is 22.2. The first-order valence-electron chi connectivity index (χ1n) is 9.33. The van der Waals surface area contributed by atoms with Crippen LogP contribution in [-0.2, 0) is 25.7 Å². The van der Waals surface area contributed by atoms with Crippen molar-refractivity contribution < 1.29 is 22.7 Å². The maximum atomic E-state index is 13.1. The molecular weight excluding hydrogens is 435 g/mol. The average Bonchev–Trinajstić information content (AvgIpc) is 3.15. The first-order chi connectivity index (χ1) is 14.8. The smallest absolute Gasteiger partial charge is 0.417 e. The molecule has 31 heavy (non-hydrogen) atoms. The van der Waals surface area contributed by atoms with Crippen molar-refractivity contribution in [3.63, 3.8) is 0 Å². The molecular formula is C20H17ClF3N5O2. The van der Waals surface area contributed by atoms with Crippen LogP contribution in [0.5, 0.6) is 5.75 Å². The number of hydrogen-bond acceptors (Lipinski definition) is 5. The molecule has 1 aliphatic heterocycles. The van der Waals surface area contributed by atoms with E-state index < -0.39 is 22.7 Å². The third-order valence-corrected chi connectivity index (χ3v) is 5.47. The summed E-state index contributed by atoms with van der Waals surface area (Å²) in [7, 11) is 1.56. The number of ether oxygens (including phenoxy) is 1. The van der Waals surface area contributed by atoms with E-state index in [2.05, 4.69) is 15.3 Å². The normalized spacial score (nSPS) is 13.8. The van der Waals surface area contributed by atoms with Gasteiger partial charge in [-0.1, -0.05) is 22.9 Å². The highest BCUT2D eigenvalue weighted by Gasteiger charge is 2.36. The van der Waals surface area contributed by atoms with Crippen molar-refractivity contribution in [3.8, 4) is 5.75 Å². The summed E-state index contributed by atoms with van der Waals surface area (Å²) < 4.78 is 46.4. The lowest BCUT2D eigenvalue weighted by atomic mass is 10.1. The Kier molecular flexibility index (Phi) is 5.57. The van der Waals surface area contributed by atoms with Crippen LogP contribution >= 0.6 is 11.6 Å². The third kappa shape index (κ3) is 4.07. The van der Waals surface area contributed by atoms with E-state index >= 15 is 0 Å². The van der Waals surface area contributed by atoms with E-state index in [-0.39, 0.29) is 12.1 Å². The molecule has 3 aromatic rings. The minimum absolute atomic E-state index is 0.125. The average molecular weight is 452 g/mol. The highest BCUT2D eigenvalue weighted by molar-refractivity contribution is 6.34. The molecule has 0 saturated heterocycles. The predicted octanol–water partition coefficient (Wildman–Crippen LogP) is 3.60. The summed E-state index contributed by atoms with van der Waals surface area (Å²) in [4.78, 5) is 18.6. The van der Waals surface area contributed by atoms with Crippen molar-refractivity contribution in [1.82, 2.24) is 24.9 Å². The van der Waals surface area contributed by atoms with Crippen LogP contribution in [-0.4, -0.2) is 44.4 Å². The molecule has 162 valence electrons. The number of nitrogens with zero attached hydrogens (tertiary/aromatic N) is 5. The molecule has 2 aromatic heterocycles. The van der Waals surface area contributed by atoms with Crippen LogP contribution in [0.15, 0.2) is 36.5 Å². The topological polar surface area (TPSA) is 73.1 Å². The van der Waals surface area contributed by atoms with Crippen molar-refractivity contribution in [2.45, 2.75) is 25.7 Å². The van der Waals surface area contributed by atoms with Gasteiger partial charge in [0, 0.05) is 19.2 Å². The van der Waals surface area contributed by atoms with Crippen LogP contribution in [0.3, 0.4) is 0 Å². The van der Waals surface area contributed by atoms with Crippen molar-refractivity contribution in [2.75, 3.05) is 13.7 Å². The van der Waals surface area contributed by atoms with Gasteiger partial charge in [-0.2, -0.15) is 13.2 Å². The number of alkyl halides is 3. The Morgan fingerprint density at radius 2 is 2.06 bits per heavy atom. The van der Waals surface area contributed by atoms with Gasteiger partial charge >= 0.3 is 6.18 Å². The number of rotatable bonds is 4. The summed E-state index contributed by atoms with van der Waals surface area (Å²) in [6, 6.07) is 6.88. The van der Waals surface area contributed by atoms with Gasteiger partial charge in [-0.15, -0.1) is 5.10 Å². The molecule has 1 amide bonds. The molecule has 1 aliphatic rings. The lowest BCUT2D eigenvalue weighted by molar-refractivity contribution is -0.137. The van der Waals surface area contributed by atoms with E-state index in [4.69, 9.17) is 16.3 Å². The van der Waals surface area contributed by atoms with Gasteiger partial charge < -0.3 is 9.64 Å². The van der Waals surface area contributed by atoms with Gasteiger partial charge in [0.15, 0.2) is 0 Å². The zero-order valence-electron chi connectivity index (χ0n) is 16.4. The van der Waals surface area contributed by atoms with Gasteiger partial charge in [0.1, 0.15) is 17.1 Å². The molecule has 0 spiro atoms. The summed E-state index contributed by atoms with van der Waals surface area (Å²) in [6.07, 6.45) is -2.54. The molecule has 0 saturated carbocycles. The number of amides is 1. The molecule has 0 atom stereocenters. The molecule has 4 rings (SSSR count). The number of carbonyl (C=O) groups excluding carboxylic acids is 1. The molecule has 0 radical (unpaired) electrons. The Morgan fingerprint density at radius 3 is 2.81 bits per heavy atom. The number of pyridine rings is 1. The van der Waals surface area contributed by atoms with Crippen LogP contribution in [0.4, 0.5) is 13.2 Å². The minimum atomic E-state index is -4.64. The predicted molar refractivity (Wildman–Crippen MR) is 105 cm³/mol. The van der Waals surface area contributed by atoms with Crippen LogP contribution in [0.2, 0.25) is 5.02 Å². The molecule has 0 bridgehead atoms. The number of carbonyl (C=O) groups is 1. The van der Waals surface area contributed by atoms with Gasteiger partial charge in [-0.05, 0) is 24.3 Å². The number of fused-ring (bicyclic) bond motifs is 1. The number of aromatic nitrogens is 4. The molecule has 0 unspecified atom stereocenters. The van der Waals surface area contributed by atoms with Crippen molar-refractivity contribution in [2.24, 2.45) is 0 Å². The van der Waals surface area contributed by atoms with Gasteiger partial charge in [-0.3, -0.25) is 9.78 Å². The molecule has 0 N–H and O–H groups in total. The van der Waals surface area contributed by atoms with Gasteiger partial charge in [0.2, 0.25) is 0 Å². The lowest BCUT2D eigenvalue weighted by Crippen LogP contribution is -2.37. The molecule has 7 nitrogen and oxygen atoms in total. The molecule has 0 aliphatic carbocycles. The summed E-state index contributed by atoms with van der Waals surface area (Å²) in [5, 5.41) is 7.71. The number of benzene rings is 1. The summed E-state index contributed by atoms with van der Waals surface area (Å²) in [5.41, 5.74) is 0.884. The summed E-state index contributed by atoms with van der Waals surface area (Å²) in [5.74, 6) is 0.0428. The fourth-order valence-corrected chi connectivity index (χ4v) is 3.84. The number of halogens is 4. The van der Waals surface area contributed by atoms with Crippen molar-refractivity contribution >= 4 is 17.5 Å².